The molecular formula is C21H29N5O4. The molecule has 2 aromatic rings. The summed E-state index contributed by atoms with van der Waals surface area (Å²) in [5.41, 5.74) is 2.07. The normalized spacial score (nSPS) is 15.1. The molecule has 2 heterocycles. The van der Waals surface area contributed by atoms with Crippen molar-refractivity contribution < 1.29 is 19.1 Å². The Morgan fingerprint density at radius 3 is 2.53 bits per heavy atom. The molecule has 9 nitrogen and oxygen atoms in total. The molecule has 1 amide bonds. The van der Waals surface area contributed by atoms with Gasteiger partial charge in [0.05, 0.1) is 6.61 Å². The Morgan fingerprint density at radius 1 is 1.13 bits per heavy atom. The van der Waals surface area contributed by atoms with Gasteiger partial charge in [-0.15, -0.1) is 5.10 Å². The monoisotopic (exact) mass is 415 g/mol. The summed E-state index contributed by atoms with van der Waals surface area (Å²) in [7, 11) is 0. The van der Waals surface area contributed by atoms with Crippen molar-refractivity contribution in [1.82, 2.24) is 25.2 Å². The van der Waals surface area contributed by atoms with Crippen LogP contribution in [0.1, 0.15) is 43.7 Å². The average Bonchev–Trinajstić information content (AvgIpc) is 3.18. The summed E-state index contributed by atoms with van der Waals surface area (Å²) in [5, 5.41) is 10.6. The van der Waals surface area contributed by atoms with Gasteiger partial charge >= 0.3 is 12.1 Å². The second-order valence-electron chi connectivity index (χ2n) is 8.19. The number of rotatable bonds is 5. The molecule has 0 saturated carbocycles. The van der Waals surface area contributed by atoms with Crippen LogP contribution in [-0.4, -0.2) is 75.7 Å². The summed E-state index contributed by atoms with van der Waals surface area (Å²) < 4.78 is 10.5. The number of nitrogens with one attached hydrogen (secondary N) is 1. The van der Waals surface area contributed by atoms with E-state index >= 15 is 0 Å². The lowest BCUT2D eigenvalue weighted by molar-refractivity contribution is 0.0139. The fourth-order valence-electron chi connectivity index (χ4n) is 3.26. The van der Waals surface area contributed by atoms with Gasteiger partial charge in [-0.1, -0.05) is 18.2 Å². The van der Waals surface area contributed by atoms with E-state index in [1.54, 1.807) is 11.8 Å². The molecule has 0 atom stereocenters. The molecule has 0 spiro atoms. The van der Waals surface area contributed by atoms with Gasteiger partial charge in [-0.3, -0.25) is 4.90 Å². The minimum atomic E-state index is -0.495. The molecule has 3 rings (SSSR count). The number of piperazine rings is 1. The van der Waals surface area contributed by atoms with E-state index in [1.165, 1.54) is 0 Å². The number of ether oxygens (including phenoxy) is 2. The number of carbonyl (C=O) groups excluding carboxylic acids is 2. The number of H-pyrrole nitrogens is 1. The van der Waals surface area contributed by atoms with Crippen LogP contribution in [0.15, 0.2) is 24.3 Å². The van der Waals surface area contributed by atoms with Gasteiger partial charge in [0.15, 0.2) is 5.69 Å². The van der Waals surface area contributed by atoms with Crippen LogP contribution >= 0.6 is 0 Å². The fraction of sp³-hybridized carbons (Fsp3) is 0.524. The molecule has 1 aromatic carbocycles. The molecule has 1 aliphatic rings. The molecule has 1 fully saturated rings. The van der Waals surface area contributed by atoms with E-state index in [-0.39, 0.29) is 18.4 Å². The quantitative estimate of drug-likeness (QED) is 0.749. The van der Waals surface area contributed by atoms with Crippen LogP contribution in [0.5, 0.6) is 0 Å². The maximum absolute atomic E-state index is 12.2. The standard InChI is InChI=1S/C21H29N5O4/c1-5-29-19(27)18-17(22-24-23-18)16-8-6-7-15(13-16)14-25-9-11-26(12-10-25)20(28)30-21(2,3)4/h6-8,13H,5,9-12,14H2,1-4H3,(H,22,23,24). The highest BCUT2D eigenvalue weighted by atomic mass is 16.6. The third-order valence-corrected chi connectivity index (χ3v) is 4.65. The highest BCUT2D eigenvalue weighted by Gasteiger charge is 2.26. The van der Waals surface area contributed by atoms with Crippen LogP contribution in [0.25, 0.3) is 11.3 Å². The van der Waals surface area contributed by atoms with E-state index in [1.807, 2.05) is 45.0 Å². The molecule has 0 bridgehead atoms. The molecule has 162 valence electrons. The van der Waals surface area contributed by atoms with Gasteiger partial charge in [0.1, 0.15) is 11.3 Å². The van der Waals surface area contributed by atoms with Gasteiger partial charge in [0.2, 0.25) is 0 Å². The zero-order valence-electron chi connectivity index (χ0n) is 18.0. The Morgan fingerprint density at radius 2 is 1.87 bits per heavy atom. The summed E-state index contributed by atoms with van der Waals surface area (Å²) in [4.78, 5) is 28.3. The number of aromatic amines is 1. The Hall–Kier alpha value is -2.94. The van der Waals surface area contributed by atoms with Crippen molar-refractivity contribution in [1.29, 1.82) is 0 Å². The third-order valence-electron chi connectivity index (χ3n) is 4.65. The highest BCUT2D eigenvalue weighted by molar-refractivity contribution is 5.93. The summed E-state index contributed by atoms with van der Waals surface area (Å²) >= 11 is 0. The molecule has 0 aliphatic carbocycles. The fourth-order valence-corrected chi connectivity index (χ4v) is 3.26. The molecular weight excluding hydrogens is 386 g/mol. The first-order chi connectivity index (χ1) is 14.3. The predicted molar refractivity (Wildman–Crippen MR) is 111 cm³/mol. The minimum absolute atomic E-state index is 0.181. The van der Waals surface area contributed by atoms with Gasteiger partial charge in [-0.25, -0.2) is 9.59 Å². The molecule has 1 aliphatic heterocycles. The lowest BCUT2D eigenvalue weighted by atomic mass is 10.1. The first-order valence-electron chi connectivity index (χ1n) is 10.1. The molecule has 1 aromatic heterocycles. The number of amides is 1. The van der Waals surface area contributed by atoms with E-state index in [0.29, 0.717) is 18.8 Å². The van der Waals surface area contributed by atoms with Crippen molar-refractivity contribution >= 4 is 12.1 Å². The summed E-state index contributed by atoms with van der Waals surface area (Å²) in [6.45, 7) is 11.2. The van der Waals surface area contributed by atoms with Crippen molar-refractivity contribution in [2.24, 2.45) is 0 Å². The largest absolute Gasteiger partial charge is 0.461 e. The van der Waals surface area contributed by atoms with Crippen LogP contribution in [0.4, 0.5) is 4.79 Å². The number of hydrogen-bond acceptors (Lipinski definition) is 7. The number of carbonyl (C=O) groups is 2. The SMILES string of the molecule is CCOC(=O)c1n[nH]nc1-c1cccc(CN2CCN(C(=O)OC(C)(C)C)CC2)c1. The minimum Gasteiger partial charge on any atom is -0.461 e. The van der Waals surface area contributed by atoms with Crippen LogP contribution in [0.2, 0.25) is 0 Å². The highest BCUT2D eigenvalue weighted by Crippen LogP contribution is 2.22. The van der Waals surface area contributed by atoms with E-state index in [9.17, 15) is 9.59 Å². The van der Waals surface area contributed by atoms with Gasteiger partial charge in [0.25, 0.3) is 0 Å². The van der Waals surface area contributed by atoms with E-state index in [4.69, 9.17) is 9.47 Å². The van der Waals surface area contributed by atoms with Gasteiger partial charge in [-0.05, 0) is 39.3 Å². The summed E-state index contributed by atoms with van der Waals surface area (Å²) in [5.74, 6) is -0.495. The lowest BCUT2D eigenvalue weighted by Crippen LogP contribution is -2.49. The van der Waals surface area contributed by atoms with Crippen molar-refractivity contribution in [3.05, 3.63) is 35.5 Å². The molecule has 1 saturated heterocycles. The lowest BCUT2D eigenvalue weighted by Gasteiger charge is -2.35. The van der Waals surface area contributed by atoms with Crippen molar-refractivity contribution in [2.45, 2.75) is 39.8 Å². The number of benzene rings is 1. The maximum Gasteiger partial charge on any atom is 0.410 e. The molecule has 9 heteroatoms. The average molecular weight is 415 g/mol. The predicted octanol–water partition coefficient (Wildman–Crippen LogP) is 2.70. The Balaban J connectivity index is 1.62. The zero-order valence-corrected chi connectivity index (χ0v) is 18.0. The van der Waals surface area contributed by atoms with E-state index in [2.05, 4.69) is 20.3 Å². The Kier molecular flexibility index (Phi) is 6.71. The van der Waals surface area contributed by atoms with E-state index < -0.39 is 11.6 Å². The summed E-state index contributed by atoms with van der Waals surface area (Å²) in [6, 6.07) is 7.87. The smallest absolute Gasteiger partial charge is 0.410 e. The molecule has 0 unspecified atom stereocenters. The van der Waals surface area contributed by atoms with Crippen LogP contribution in [-0.2, 0) is 16.0 Å². The number of nitrogens with zero attached hydrogens (tertiary/aromatic N) is 4. The maximum atomic E-state index is 12.2. The Bertz CT molecular complexity index is 882. The number of hydrogen-bond donors (Lipinski definition) is 1. The molecule has 1 N–H and O–H groups in total. The summed E-state index contributed by atoms with van der Waals surface area (Å²) in [6.07, 6.45) is -0.262. The number of aromatic nitrogens is 3. The van der Waals surface area contributed by atoms with Gasteiger partial charge in [0, 0.05) is 38.3 Å². The topological polar surface area (TPSA) is 101 Å². The van der Waals surface area contributed by atoms with Crippen molar-refractivity contribution in [3.8, 4) is 11.3 Å². The third kappa shape index (κ3) is 5.56. The second-order valence-corrected chi connectivity index (χ2v) is 8.19. The Labute approximate surface area is 176 Å². The van der Waals surface area contributed by atoms with Crippen LogP contribution in [0, 0.1) is 0 Å². The second kappa shape index (κ2) is 9.25. The van der Waals surface area contributed by atoms with Crippen molar-refractivity contribution in [2.75, 3.05) is 32.8 Å². The van der Waals surface area contributed by atoms with Gasteiger partial charge in [-0.2, -0.15) is 10.3 Å². The van der Waals surface area contributed by atoms with Gasteiger partial charge < -0.3 is 14.4 Å². The first-order valence-corrected chi connectivity index (χ1v) is 10.1. The zero-order chi connectivity index (χ0) is 21.7. The van der Waals surface area contributed by atoms with Crippen LogP contribution in [0.3, 0.4) is 0 Å². The first kappa shape index (κ1) is 21.8. The van der Waals surface area contributed by atoms with Crippen LogP contribution < -0.4 is 0 Å². The number of esters is 1. The molecule has 30 heavy (non-hydrogen) atoms. The molecule has 0 radical (unpaired) electrons. The van der Waals surface area contributed by atoms with E-state index in [0.717, 1.165) is 30.8 Å². The van der Waals surface area contributed by atoms with Crippen molar-refractivity contribution in [3.63, 3.8) is 0 Å².